The van der Waals surface area contributed by atoms with E-state index in [0.29, 0.717) is 11.6 Å². The molecule has 0 aromatic rings. The second-order valence-electron chi connectivity index (χ2n) is 5.28. The Kier molecular flexibility index (Phi) is 4.62. The Labute approximate surface area is 99.3 Å². The third-order valence-electron chi connectivity index (χ3n) is 4.12. The van der Waals surface area contributed by atoms with E-state index in [-0.39, 0.29) is 0 Å². The zero-order valence-electron chi connectivity index (χ0n) is 10.6. The van der Waals surface area contributed by atoms with Crippen LogP contribution in [0.5, 0.6) is 0 Å². The maximum Gasteiger partial charge on any atom is 0.0699 e. The first-order valence-corrected chi connectivity index (χ1v) is 6.92. The molecule has 16 heavy (non-hydrogen) atoms. The molecule has 2 atom stereocenters. The standard InChI is InChI=1S/C13H26N2O/c1-2-13(7-5-8-15-13)11-14-10-12-6-3-4-9-16-12/h12,14-15H,2-11H2,1H3. The van der Waals surface area contributed by atoms with Crippen molar-refractivity contribution in [1.29, 1.82) is 0 Å². The minimum absolute atomic E-state index is 0.370. The number of hydrogen-bond donors (Lipinski definition) is 2. The van der Waals surface area contributed by atoms with Gasteiger partial charge in [-0.1, -0.05) is 6.92 Å². The molecule has 2 saturated heterocycles. The van der Waals surface area contributed by atoms with Crippen LogP contribution in [-0.4, -0.2) is 37.9 Å². The van der Waals surface area contributed by atoms with E-state index in [0.717, 1.165) is 19.7 Å². The molecule has 3 heteroatoms. The molecule has 0 amide bonds. The lowest BCUT2D eigenvalue weighted by atomic mass is 9.94. The fraction of sp³-hybridized carbons (Fsp3) is 1.00. The third kappa shape index (κ3) is 3.19. The summed E-state index contributed by atoms with van der Waals surface area (Å²) in [5.41, 5.74) is 0.370. The molecule has 0 aliphatic carbocycles. The van der Waals surface area contributed by atoms with Gasteiger partial charge in [0.1, 0.15) is 0 Å². The minimum atomic E-state index is 0.370. The Balaban J connectivity index is 1.66. The van der Waals surface area contributed by atoms with Gasteiger partial charge in [0.2, 0.25) is 0 Å². The molecule has 2 aliphatic rings. The van der Waals surface area contributed by atoms with E-state index in [1.54, 1.807) is 0 Å². The number of hydrogen-bond acceptors (Lipinski definition) is 3. The van der Waals surface area contributed by atoms with Crippen LogP contribution < -0.4 is 10.6 Å². The Hall–Kier alpha value is -0.120. The van der Waals surface area contributed by atoms with Gasteiger partial charge in [0.15, 0.2) is 0 Å². The van der Waals surface area contributed by atoms with Crippen molar-refractivity contribution in [2.45, 2.75) is 57.1 Å². The quantitative estimate of drug-likeness (QED) is 0.748. The number of rotatable bonds is 5. The van der Waals surface area contributed by atoms with Crippen LogP contribution in [0.3, 0.4) is 0 Å². The summed E-state index contributed by atoms with van der Waals surface area (Å²) in [5.74, 6) is 0. The van der Waals surface area contributed by atoms with E-state index in [4.69, 9.17) is 4.74 Å². The zero-order chi connectivity index (χ0) is 11.3. The van der Waals surface area contributed by atoms with Crippen LogP contribution in [0.4, 0.5) is 0 Å². The third-order valence-corrected chi connectivity index (χ3v) is 4.12. The minimum Gasteiger partial charge on any atom is -0.377 e. The predicted octanol–water partition coefficient (Wildman–Crippen LogP) is 1.68. The lowest BCUT2D eigenvalue weighted by Crippen LogP contribution is -2.49. The van der Waals surface area contributed by atoms with Gasteiger partial charge < -0.3 is 15.4 Å². The van der Waals surface area contributed by atoms with Crippen molar-refractivity contribution >= 4 is 0 Å². The molecule has 0 bridgehead atoms. The summed E-state index contributed by atoms with van der Waals surface area (Å²) in [7, 11) is 0. The van der Waals surface area contributed by atoms with Crippen LogP contribution >= 0.6 is 0 Å². The van der Waals surface area contributed by atoms with Crippen molar-refractivity contribution in [2.75, 3.05) is 26.2 Å². The van der Waals surface area contributed by atoms with Gasteiger partial charge >= 0.3 is 0 Å². The smallest absolute Gasteiger partial charge is 0.0699 e. The Morgan fingerprint density at radius 2 is 2.31 bits per heavy atom. The number of ether oxygens (including phenoxy) is 1. The second kappa shape index (κ2) is 5.99. The van der Waals surface area contributed by atoms with E-state index in [2.05, 4.69) is 17.6 Å². The maximum atomic E-state index is 5.73. The molecular weight excluding hydrogens is 200 g/mol. The average molecular weight is 226 g/mol. The summed E-state index contributed by atoms with van der Waals surface area (Å²) in [6.45, 7) is 6.57. The highest BCUT2D eigenvalue weighted by Gasteiger charge is 2.31. The van der Waals surface area contributed by atoms with Gasteiger partial charge in [-0.15, -0.1) is 0 Å². The molecule has 2 unspecified atom stereocenters. The summed E-state index contributed by atoms with van der Waals surface area (Å²) in [5, 5.41) is 7.26. The summed E-state index contributed by atoms with van der Waals surface area (Å²) >= 11 is 0. The zero-order valence-corrected chi connectivity index (χ0v) is 10.6. The molecule has 0 saturated carbocycles. The fourth-order valence-corrected chi connectivity index (χ4v) is 2.89. The van der Waals surface area contributed by atoms with Crippen molar-refractivity contribution in [1.82, 2.24) is 10.6 Å². The Morgan fingerprint density at radius 3 is 2.94 bits per heavy atom. The molecule has 94 valence electrons. The van der Waals surface area contributed by atoms with Crippen LogP contribution in [0.1, 0.15) is 45.4 Å². The molecule has 2 rings (SSSR count). The highest BCUT2D eigenvalue weighted by atomic mass is 16.5. The van der Waals surface area contributed by atoms with Crippen molar-refractivity contribution in [2.24, 2.45) is 0 Å². The summed E-state index contributed by atoms with van der Waals surface area (Å²) in [4.78, 5) is 0. The van der Waals surface area contributed by atoms with E-state index < -0.39 is 0 Å². The van der Waals surface area contributed by atoms with Gasteiger partial charge in [0.25, 0.3) is 0 Å². The second-order valence-corrected chi connectivity index (χ2v) is 5.28. The molecule has 2 aliphatic heterocycles. The molecule has 0 aromatic heterocycles. The van der Waals surface area contributed by atoms with Crippen molar-refractivity contribution < 1.29 is 4.74 Å². The normalized spacial score (nSPS) is 35.4. The van der Waals surface area contributed by atoms with Crippen LogP contribution in [0.15, 0.2) is 0 Å². The molecule has 3 nitrogen and oxygen atoms in total. The highest BCUT2D eigenvalue weighted by molar-refractivity contribution is 4.93. The Bertz CT molecular complexity index is 196. The lowest BCUT2D eigenvalue weighted by Gasteiger charge is -2.30. The Morgan fingerprint density at radius 1 is 1.38 bits per heavy atom. The van der Waals surface area contributed by atoms with Crippen LogP contribution in [-0.2, 0) is 4.74 Å². The van der Waals surface area contributed by atoms with Gasteiger partial charge in [-0.2, -0.15) is 0 Å². The van der Waals surface area contributed by atoms with Gasteiger partial charge in [-0.05, 0) is 45.1 Å². The first-order valence-electron chi connectivity index (χ1n) is 6.92. The first kappa shape index (κ1) is 12.3. The van der Waals surface area contributed by atoms with Crippen LogP contribution in [0.25, 0.3) is 0 Å². The first-order chi connectivity index (χ1) is 7.85. The molecule has 0 radical (unpaired) electrons. The number of nitrogens with one attached hydrogen (secondary N) is 2. The van der Waals surface area contributed by atoms with Gasteiger partial charge in [0.05, 0.1) is 6.10 Å². The van der Waals surface area contributed by atoms with E-state index in [9.17, 15) is 0 Å². The molecule has 0 spiro atoms. The topological polar surface area (TPSA) is 33.3 Å². The molecule has 2 N–H and O–H groups in total. The summed E-state index contributed by atoms with van der Waals surface area (Å²) in [6.07, 6.45) is 8.16. The van der Waals surface area contributed by atoms with Crippen LogP contribution in [0, 0.1) is 0 Å². The largest absolute Gasteiger partial charge is 0.377 e. The van der Waals surface area contributed by atoms with Crippen molar-refractivity contribution in [3.8, 4) is 0 Å². The average Bonchev–Trinajstić information content (AvgIpc) is 2.80. The van der Waals surface area contributed by atoms with E-state index >= 15 is 0 Å². The maximum absolute atomic E-state index is 5.73. The molecule has 2 fully saturated rings. The fourth-order valence-electron chi connectivity index (χ4n) is 2.89. The molecule has 2 heterocycles. The summed E-state index contributed by atoms with van der Waals surface area (Å²) in [6, 6.07) is 0. The molecule has 0 aromatic carbocycles. The van der Waals surface area contributed by atoms with Gasteiger partial charge in [-0.25, -0.2) is 0 Å². The lowest BCUT2D eigenvalue weighted by molar-refractivity contribution is 0.0161. The van der Waals surface area contributed by atoms with Crippen LogP contribution in [0.2, 0.25) is 0 Å². The SMILES string of the molecule is CCC1(CNCC2CCCCO2)CCCN1. The van der Waals surface area contributed by atoms with Crippen molar-refractivity contribution in [3.05, 3.63) is 0 Å². The highest BCUT2D eigenvalue weighted by Crippen LogP contribution is 2.22. The van der Waals surface area contributed by atoms with Gasteiger partial charge in [0, 0.05) is 25.2 Å². The van der Waals surface area contributed by atoms with Gasteiger partial charge in [-0.3, -0.25) is 0 Å². The van der Waals surface area contributed by atoms with Crippen molar-refractivity contribution in [3.63, 3.8) is 0 Å². The monoisotopic (exact) mass is 226 g/mol. The molecular formula is C13H26N2O. The van der Waals surface area contributed by atoms with E-state index in [1.165, 1.54) is 45.1 Å². The summed E-state index contributed by atoms with van der Waals surface area (Å²) < 4.78 is 5.73. The predicted molar refractivity (Wildman–Crippen MR) is 66.7 cm³/mol. The van der Waals surface area contributed by atoms with E-state index in [1.807, 2.05) is 0 Å².